The summed E-state index contributed by atoms with van der Waals surface area (Å²) >= 11 is 0. The van der Waals surface area contributed by atoms with Crippen LogP contribution in [-0.4, -0.2) is 71.8 Å². The Balaban J connectivity index is 1.96. The summed E-state index contributed by atoms with van der Waals surface area (Å²) in [6.07, 6.45) is 0.630. The zero-order valence-electron chi connectivity index (χ0n) is 13.1. The standard InChI is InChI=1S/C11H19N7O6S/c12-9(16-8(19)3-4-15-10(13)14)7-2-1-6-5-17(7)11(20)18(6)24-25(21,22)23/h6-7H,1-5H2,(H2,12,16,19)(H4,13,14,15)(H,21,22,23)/t6-,7+/m1/s1. The van der Waals surface area contributed by atoms with E-state index >= 15 is 0 Å². The van der Waals surface area contributed by atoms with E-state index in [1.807, 2.05) is 0 Å². The van der Waals surface area contributed by atoms with Crippen LogP contribution in [-0.2, 0) is 19.5 Å². The first-order valence-electron chi connectivity index (χ1n) is 7.29. The van der Waals surface area contributed by atoms with Crippen LogP contribution in [0.2, 0.25) is 0 Å². The van der Waals surface area contributed by atoms with E-state index in [0.717, 1.165) is 0 Å². The molecule has 140 valence electrons. The van der Waals surface area contributed by atoms with Crippen LogP contribution in [0.15, 0.2) is 4.99 Å². The fraction of sp³-hybridized carbons (Fsp3) is 0.636. The molecule has 13 nitrogen and oxygen atoms in total. The second kappa shape index (κ2) is 7.20. The lowest BCUT2D eigenvalue weighted by atomic mass is 10.00. The lowest BCUT2D eigenvalue weighted by Gasteiger charge is -2.30. The van der Waals surface area contributed by atoms with Gasteiger partial charge in [0.05, 0.1) is 18.6 Å². The second-order valence-corrected chi connectivity index (χ2v) is 6.53. The van der Waals surface area contributed by atoms with E-state index in [-0.39, 0.29) is 31.3 Å². The summed E-state index contributed by atoms with van der Waals surface area (Å²) in [5.41, 5.74) is 10.3. The van der Waals surface area contributed by atoms with Gasteiger partial charge in [0.2, 0.25) is 5.91 Å². The van der Waals surface area contributed by atoms with E-state index < -0.39 is 34.4 Å². The molecule has 0 radical (unpaired) electrons. The Kier molecular flexibility index (Phi) is 5.44. The number of nitrogens with two attached hydrogens (primary N) is 2. The van der Waals surface area contributed by atoms with Crippen molar-refractivity contribution in [3.05, 3.63) is 0 Å². The molecular weight excluding hydrogens is 358 g/mol. The molecule has 2 atom stereocenters. The summed E-state index contributed by atoms with van der Waals surface area (Å²) in [5, 5.41) is 10.9. The summed E-state index contributed by atoms with van der Waals surface area (Å²) in [7, 11) is -4.83. The number of nitrogens with one attached hydrogen (secondary N) is 2. The molecule has 2 heterocycles. The van der Waals surface area contributed by atoms with Crippen molar-refractivity contribution >= 4 is 34.1 Å². The summed E-state index contributed by atoms with van der Waals surface area (Å²) in [4.78, 5) is 28.8. The second-order valence-electron chi connectivity index (χ2n) is 5.53. The maximum Gasteiger partial charge on any atom is 0.418 e. The summed E-state index contributed by atoms with van der Waals surface area (Å²) in [6, 6.07) is -2.09. The van der Waals surface area contributed by atoms with Crippen molar-refractivity contribution in [3.8, 4) is 0 Å². The van der Waals surface area contributed by atoms with Gasteiger partial charge in [-0.05, 0) is 12.8 Å². The molecule has 0 unspecified atom stereocenters. The maximum absolute atomic E-state index is 12.2. The van der Waals surface area contributed by atoms with Crippen molar-refractivity contribution in [1.82, 2.24) is 15.3 Å². The highest BCUT2D eigenvalue weighted by molar-refractivity contribution is 7.80. The lowest BCUT2D eigenvalue weighted by molar-refractivity contribution is -0.119. The molecule has 2 aliphatic heterocycles. The predicted octanol–water partition coefficient (Wildman–Crippen LogP) is -2.25. The molecule has 2 rings (SSSR count). The first kappa shape index (κ1) is 18.9. The lowest BCUT2D eigenvalue weighted by Crippen LogP contribution is -2.50. The molecule has 0 aromatic rings. The van der Waals surface area contributed by atoms with E-state index in [9.17, 15) is 18.0 Å². The summed E-state index contributed by atoms with van der Waals surface area (Å²) in [5.74, 6) is -0.840. The van der Waals surface area contributed by atoms with Crippen LogP contribution in [0.5, 0.6) is 0 Å². The van der Waals surface area contributed by atoms with Gasteiger partial charge in [-0.25, -0.2) is 4.79 Å². The largest absolute Gasteiger partial charge is 0.418 e. The molecule has 7 N–H and O–H groups in total. The first-order valence-corrected chi connectivity index (χ1v) is 8.65. The van der Waals surface area contributed by atoms with Crippen molar-refractivity contribution in [1.29, 1.82) is 5.41 Å². The Morgan fingerprint density at radius 3 is 2.72 bits per heavy atom. The number of urea groups is 1. The molecule has 2 saturated heterocycles. The summed E-state index contributed by atoms with van der Waals surface area (Å²) in [6.45, 7) is 0.179. The van der Waals surface area contributed by atoms with Crippen LogP contribution in [0.3, 0.4) is 0 Å². The molecular formula is C11H19N7O6S. The molecule has 3 amide bonds. The van der Waals surface area contributed by atoms with Gasteiger partial charge in [-0.2, -0.15) is 13.5 Å². The van der Waals surface area contributed by atoms with E-state index in [0.29, 0.717) is 17.9 Å². The third-order valence-electron chi connectivity index (χ3n) is 3.74. The predicted molar refractivity (Wildman–Crippen MR) is 84.5 cm³/mol. The van der Waals surface area contributed by atoms with E-state index in [1.54, 1.807) is 0 Å². The van der Waals surface area contributed by atoms with Crippen LogP contribution in [0.4, 0.5) is 4.79 Å². The van der Waals surface area contributed by atoms with Crippen LogP contribution in [0, 0.1) is 5.41 Å². The zero-order chi connectivity index (χ0) is 18.8. The van der Waals surface area contributed by atoms with Gasteiger partial charge < -0.3 is 21.7 Å². The Bertz CT molecular complexity index is 704. The van der Waals surface area contributed by atoms with Gasteiger partial charge in [0, 0.05) is 13.0 Å². The molecule has 2 bridgehead atoms. The monoisotopic (exact) mass is 377 g/mol. The van der Waals surface area contributed by atoms with Crippen LogP contribution in [0.1, 0.15) is 19.3 Å². The van der Waals surface area contributed by atoms with E-state index in [1.165, 1.54) is 4.90 Å². The molecule has 0 aromatic heterocycles. The normalized spacial score (nSPS) is 22.7. The summed E-state index contributed by atoms with van der Waals surface area (Å²) < 4.78 is 34.7. The van der Waals surface area contributed by atoms with Gasteiger partial charge >= 0.3 is 16.4 Å². The number of hydrogen-bond donors (Lipinski definition) is 5. The van der Waals surface area contributed by atoms with Crippen molar-refractivity contribution < 1.29 is 26.8 Å². The fourth-order valence-electron chi connectivity index (χ4n) is 2.71. The number of hydroxylamine groups is 2. The topological polar surface area (TPSA) is 204 Å². The van der Waals surface area contributed by atoms with E-state index in [4.69, 9.17) is 21.4 Å². The molecule has 2 fully saturated rings. The third-order valence-corrected chi connectivity index (χ3v) is 4.09. The number of nitrogens with zero attached hydrogens (tertiary/aromatic N) is 3. The number of amides is 3. The third kappa shape index (κ3) is 4.77. The Hall–Kier alpha value is -2.45. The number of aliphatic imine (C=N–C) groups is 1. The van der Waals surface area contributed by atoms with Gasteiger partial charge in [-0.15, -0.1) is 4.28 Å². The number of guanidine groups is 1. The number of hydrogen-bond acceptors (Lipinski definition) is 7. The minimum Gasteiger partial charge on any atom is -0.370 e. The number of piperidine rings is 1. The van der Waals surface area contributed by atoms with Gasteiger partial charge in [0.15, 0.2) is 5.96 Å². The molecule has 0 aromatic carbocycles. The molecule has 25 heavy (non-hydrogen) atoms. The van der Waals surface area contributed by atoms with Gasteiger partial charge in [-0.1, -0.05) is 0 Å². The number of rotatable bonds is 6. The number of carbonyl (C=O) groups is 2. The fourth-order valence-corrected chi connectivity index (χ4v) is 3.10. The van der Waals surface area contributed by atoms with Crippen LogP contribution in [0.25, 0.3) is 0 Å². The van der Waals surface area contributed by atoms with Crippen molar-refractivity contribution in [3.63, 3.8) is 0 Å². The number of amidine groups is 1. The van der Waals surface area contributed by atoms with Crippen LogP contribution >= 0.6 is 0 Å². The molecule has 0 aliphatic carbocycles. The highest BCUT2D eigenvalue weighted by Crippen LogP contribution is 2.30. The average Bonchev–Trinajstić information content (AvgIpc) is 2.70. The molecule has 0 saturated carbocycles. The van der Waals surface area contributed by atoms with Crippen molar-refractivity contribution in [2.45, 2.75) is 31.3 Å². The zero-order valence-corrected chi connectivity index (χ0v) is 13.9. The SMILES string of the molecule is N=C(NC(=O)CCN=C(N)N)[C@@H]1CC[C@@H]2CN1C(=O)N2OS(=O)(=O)O. The minimum absolute atomic E-state index is 0.0401. The van der Waals surface area contributed by atoms with Gasteiger partial charge in [0.25, 0.3) is 0 Å². The highest BCUT2D eigenvalue weighted by atomic mass is 32.3. The first-order chi connectivity index (χ1) is 11.6. The van der Waals surface area contributed by atoms with Gasteiger partial charge in [-0.3, -0.25) is 19.7 Å². The van der Waals surface area contributed by atoms with Gasteiger partial charge in [0.1, 0.15) is 5.84 Å². The number of fused-ring (bicyclic) bond motifs is 2. The number of carbonyl (C=O) groups excluding carboxylic acids is 2. The quantitative estimate of drug-likeness (QED) is 0.194. The minimum atomic E-state index is -4.83. The van der Waals surface area contributed by atoms with Crippen LogP contribution < -0.4 is 16.8 Å². The Labute approximate surface area is 143 Å². The Morgan fingerprint density at radius 1 is 1.44 bits per heavy atom. The molecule has 14 heteroatoms. The van der Waals surface area contributed by atoms with Crippen molar-refractivity contribution in [2.75, 3.05) is 13.1 Å². The van der Waals surface area contributed by atoms with Crippen molar-refractivity contribution in [2.24, 2.45) is 16.5 Å². The smallest absolute Gasteiger partial charge is 0.370 e. The maximum atomic E-state index is 12.2. The highest BCUT2D eigenvalue weighted by Gasteiger charge is 2.48. The molecule has 0 spiro atoms. The Morgan fingerprint density at radius 2 is 2.12 bits per heavy atom. The van der Waals surface area contributed by atoms with E-state index in [2.05, 4.69) is 14.6 Å². The average molecular weight is 377 g/mol. The molecule has 2 aliphatic rings.